The second-order valence-corrected chi connectivity index (χ2v) is 9.44. The number of hydrogen-bond donors (Lipinski definition) is 1. The smallest absolute Gasteiger partial charge is 0.261 e. The maximum absolute atomic E-state index is 13.4. The number of ether oxygens (including phenoxy) is 1. The minimum Gasteiger partial charge on any atom is -0.490 e. The van der Waals surface area contributed by atoms with Crippen LogP contribution >= 0.6 is 0 Å². The highest BCUT2D eigenvalue weighted by atomic mass is 16.5. The van der Waals surface area contributed by atoms with E-state index in [-0.39, 0.29) is 17.6 Å². The van der Waals surface area contributed by atoms with Crippen LogP contribution in [0.5, 0.6) is 5.75 Å². The molecule has 1 saturated carbocycles. The topological polar surface area (TPSA) is 100 Å². The van der Waals surface area contributed by atoms with E-state index in [1.807, 2.05) is 36.4 Å². The number of nitrogens with zero attached hydrogens (tertiary/aromatic N) is 4. The summed E-state index contributed by atoms with van der Waals surface area (Å²) >= 11 is 0. The van der Waals surface area contributed by atoms with E-state index in [4.69, 9.17) is 15.0 Å². The molecule has 0 spiro atoms. The van der Waals surface area contributed by atoms with Crippen molar-refractivity contribution in [1.82, 2.24) is 19.8 Å². The maximum atomic E-state index is 13.4. The lowest BCUT2D eigenvalue weighted by Gasteiger charge is -2.38. The summed E-state index contributed by atoms with van der Waals surface area (Å²) in [7, 11) is 0. The van der Waals surface area contributed by atoms with Gasteiger partial charge >= 0.3 is 0 Å². The molecule has 3 aromatic rings. The Bertz CT molecular complexity index is 1320. The van der Waals surface area contributed by atoms with Crippen LogP contribution in [0.25, 0.3) is 10.9 Å². The SMILES string of the molecule is CC(=O)NC(c1nc2ccccc2c(=O)n1CC1CC1)N1CCC(Oc2ccc(C#N)cc2)CC1. The fourth-order valence-electron chi connectivity index (χ4n) is 4.69. The van der Waals surface area contributed by atoms with Crippen LogP contribution in [0.2, 0.25) is 0 Å². The molecule has 2 fully saturated rings. The van der Waals surface area contributed by atoms with Gasteiger partial charge in [0.15, 0.2) is 0 Å². The number of carbonyl (C=O) groups excluding carboxylic acids is 1. The predicted molar refractivity (Wildman–Crippen MR) is 132 cm³/mol. The molecule has 2 aliphatic rings. The number of piperidine rings is 1. The van der Waals surface area contributed by atoms with E-state index in [1.54, 1.807) is 16.7 Å². The summed E-state index contributed by atoms with van der Waals surface area (Å²) in [5.41, 5.74) is 1.20. The summed E-state index contributed by atoms with van der Waals surface area (Å²) < 4.78 is 7.91. The van der Waals surface area contributed by atoms with Gasteiger partial charge in [0, 0.05) is 26.6 Å². The molecule has 0 bridgehead atoms. The number of nitrogens with one attached hydrogen (secondary N) is 1. The number of nitriles is 1. The maximum Gasteiger partial charge on any atom is 0.261 e. The molecular weight excluding hydrogens is 442 g/mol. The molecule has 1 saturated heterocycles. The fourth-order valence-corrected chi connectivity index (χ4v) is 4.69. The lowest BCUT2D eigenvalue weighted by atomic mass is 10.1. The van der Waals surface area contributed by atoms with Crippen molar-refractivity contribution in [2.75, 3.05) is 13.1 Å². The molecule has 8 heteroatoms. The first-order valence-corrected chi connectivity index (χ1v) is 12.2. The summed E-state index contributed by atoms with van der Waals surface area (Å²) in [6, 6.07) is 16.7. The van der Waals surface area contributed by atoms with Gasteiger partial charge < -0.3 is 10.1 Å². The minimum absolute atomic E-state index is 0.0374. The second-order valence-electron chi connectivity index (χ2n) is 9.44. The molecule has 5 rings (SSSR count). The third kappa shape index (κ3) is 5.20. The van der Waals surface area contributed by atoms with Crippen molar-refractivity contribution in [2.45, 2.75) is 51.4 Å². The van der Waals surface area contributed by atoms with Crippen molar-refractivity contribution in [3.05, 3.63) is 70.3 Å². The Kier molecular flexibility index (Phi) is 6.51. The van der Waals surface area contributed by atoms with E-state index in [2.05, 4.69) is 16.3 Å². The van der Waals surface area contributed by atoms with Crippen LogP contribution in [0.1, 0.15) is 50.2 Å². The molecule has 2 aromatic carbocycles. The third-order valence-corrected chi connectivity index (χ3v) is 6.74. The van der Waals surface area contributed by atoms with Crippen LogP contribution in [0.3, 0.4) is 0 Å². The van der Waals surface area contributed by atoms with Gasteiger partial charge in [-0.3, -0.25) is 19.1 Å². The molecule has 1 aliphatic heterocycles. The zero-order valence-electron chi connectivity index (χ0n) is 19.8. The van der Waals surface area contributed by atoms with Gasteiger partial charge in [-0.15, -0.1) is 0 Å². The molecule has 35 heavy (non-hydrogen) atoms. The van der Waals surface area contributed by atoms with Crippen LogP contribution in [-0.2, 0) is 11.3 Å². The predicted octanol–water partition coefficient (Wildman–Crippen LogP) is 3.36. The minimum atomic E-state index is -0.487. The van der Waals surface area contributed by atoms with Crippen LogP contribution in [0, 0.1) is 17.2 Å². The molecule has 1 N–H and O–H groups in total. The van der Waals surface area contributed by atoms with Gasteiger partial charge in [0.1, 0.15) is 23.8 Å². The molecule has 1 unspecified atom stereocenters. The van der Waals surface area contributed by atoms with E-state index < -0.39 is 6.17 Å². The molecule has 180 valence electrons. The number of amides is 1. The highest BCUT2D eigenvalue weighted by Gasteiger charge is 2.32. The summed E-state index contributed by atoms with van der Waals surface area (Å²) in [6.07, 6.45) is 3.32. The molecule has 1 aromatic heterocycles. The van der Waals surface area contributed by atoms with E-state index >= 15 is 0 Å². The Morgan fingerprint density at radius 2 is 1.86 bits per heavy atom. The van der Waals surface area contributed by atoms with E-state index in [0.29, 0.717) is 47.8 Å². The highest BCUT2D eigenvalue weighted by Crippen LogP contribution is 2.32. The van der Waals surface area contributed by atoms with Gasteiger partial charge in [-0.05, 0) is 68.0 Å². The van der Waals surface area contributed by atoms with Gasteiger partial charge in [-0.25, -0.2) is 4.98 Å². The van der Waals surface area contributed by atoms with E-state index in [9.17, 15) is 9.59 Å². The number of aromatic nitrogens is 2. The molecule has 1 atom stereocenters. The third-order valence-electron chi connectivity index (χ3n) is 6.74. The van der Waals surface area contributed by atoms with Gasteiger partial charge in [0.2, 0.25) is 5.91 Å². The summed E-state index contributed by atoms with van der Waals surface area (Å²) in [6.45, 7) is 3.51. The van der Waals surface area contributed by atoms with Crippen molar-refractivity contribution >= 4 is 16.8 Å². The Morgan fingerprint density at radius 1 is 1.14 bits per heavy atom. The Hall–Kier alpha value is -3.70. The lowest BCUT2D eigenvalue weighted by molar-refractivity contribution is -0.121. The van der Waals surface area contributed by atoms with Crippen molar-refractivity contribution in [2.24, 2.45) is 5.92 Å². The number of fused-ring (bicyclic) bond motifs is 1. The number of hydrogen-bond acceptors (Lipinski definition) is 6. The monoisotopic (exact) mass is 471 g/mol. The fraction of sp³-hybridized carbons (Fsp3) is 0.407. The molecule has 2 heterocycles. The quantitative estimate of drug-likeness (QED) is 0.567. The highest BCUT2D eigenvalue weighted by molar-refractivity contribution is 5.77. The average molecular weight is 472 g/mol. The summed E-state index contributed by atoms with van der Waals surface area (Å²) in [5, 5.41) is 12.6. The first-order valence-electron chi connectivity index (χ1n) is 12.2. The number of benzene rings is 2. The van der Waals surface area contributed by atoms with Gasteiger partial charge in [0.25, 0.3) is 5.56 Å². The summed E-state index contributed by atoms with van der Waals surface area (Å²) in [4.78, 5) is 32.7. The van der Waals surface area contributed by atoms with Crippen molar-refractivity contribution in [1.29, 1.82) is 5.26 Å². The Morgan fingerprint density at radius 3 is 2.51 bits per heavy atom. The van der Waals surface area contributed by atoms with Crippen LogP contribution < -0.4 is 15.6 Å². The molecule has 1 amide bonds. The van der Waals surface area contributed by atoms with Gasteiger partial charge in [-0.2, -0.15) is 5.26 Å². The normalized spacial score (nSPS) is 17.6. The largest absolute Gasteiger partial charge is 0.490 e. The molecule has 0 radical (unpaired) electrons. The number of rotatable bonds is 7. The first-order chi connectivity index (χ1) is 17.0. The molecule has 8 nitrogen and oxygen atoms in total. The van der Waals surface area contributed by atoms with Crippen LogP contribution in [-0.4, -0.2) is 39.6 Å². The van der Waals surface area contributed by atoms with Crippen molar-refractivity contribution < 1.29 is 9.53 Å². The van der Waals surface area contributed by atoms with Crippen molar-refractivity contribution in [3.8, 4) is 11.8 Å². The van der Waals surface area contributed by atoms with Crippen LogP contribution in [0.4, 0.5) is 0 Å². The number of carbonyl (C=O) groups is 1. The van der Waals surface area contributed by atoms with E-state index in [0.717, 1.165) is 31.4 Å². The molecule has 1 aliphatic carbocycles. The number of para-hydroxylation sites is 1. The van der Waals surface area contributed by atoms with Crippen molar-refractivity contribution in [3.63, 3.8) is 0 Å². The zero-order valence-corrected chi connectivity index (χ0v) is 19.8. The second kappa shape index (κ2) is 9.88. The van der Waals surface area contributed by atoms with Gasteiger partial charge in [0.05, 0.1) is 22.5 Å². The summed E-state index contributed by atoms with van der Waals surface area (Å²) in [5.74, 6) is 1.67. The Balaban J connectivity index is 1.39. The lowest BCUT2D eigenvalue weighted by Crippen LogP contribution is -2.48. The van der Waals surface area contributed by atoms with E-state index in [1.165, 1.54) is 6.92 Å². The number of likely N-dealkylation sites (tertiary alicyclic amines) is 1. The Labute approximate surface area is 204 Å². The average Bonchev–Trinajstić information content (AvgIpc) is 3.69. The first kappa shape index (κ1) is 23.1. The van der Waals surface area contributed by atoms with Crippen LogP contribution in [0.15, 0.2) is 53.3 Å². The standard InChI is InChI=1S/C27H29N5O3/c1-18(33)29-25(31-14-12-22(13-15-31)35-21-10-8-19(16-28)9-11-21)26-30-24-5-3-2-4-23(24)27(34)32(26)17-20-6-7-20/h2-5,8-11,20,22,25H,6-7,12-15,17H2,1H3,(H,29,33). The molecular formula is C27H29N5O3. The van der Waals surface area contributed by atoms with Gasteiger partial charge in [-0.1, -0.05) is 12.1 Å². The zero-order chi connectivity index (χ0) is 24.4.